The molecule has 15 heavy (non-hydrogen) atoms. The van der Waals surface area contributed by atoms with Crippen LogP contribution in [0.5, 0.6) is 0 Å². The van der Waals surface area contributed by atoms with Crippen LogP contribution in [0.25, 0.3) is 0 Å². The number of benzene rings is 1. The quantitative estimate of drug-likeness (QED) is 0.687. The summed E-state index contributed by atoms with van der Waals surface area (Å²) in [5.41, 5.74) is 3.50. The molecule has 0 unspecified atom stereocenters. The first kappa shape index (κ1) is 10.0. The summed E-state index contributed by atoms with van der Waals surface area (Å²) in [6.07, 6.45) is 0. The second kappa shape index (κ2) is 3.57. The predicted octanol–water partition coefficient (Wildman–Crippen LogP) is 2.18. The summed E-state index contributed by atoms with van der Waals surface area (Å²) in [6.45, 7) is 5.75. The molecule has 0 spiro atoms. The maximum Gasteiger partial charge on any atom is 0.324 e. The average molecular weight is 204 g/mol. The number of hydrogen-bond donors (Lipinski definition) is 0. The van der Waals surface area contributed by atoms with Crippen LogP contribution in [-0.2, 0) is 0 Å². The summed E-state index contributed by atoms with van der Waals surface area (Å²) in [6, 6.07) is 6.25. The van der Waals surface area contributed by atoms with Gasteiger partial charge in [0, 0.05) is 25.8 Å². The van der Waals surface area contributed by atoms with E-state index < -0.39 is 0 Å². The van der Waals surface area contributed by atoms with Crippen LogP contribution in [0, 0.1) is 13.8 Å². The molecule has 0 atom stereocenters. The normalized spacial score (nSPS) is 16.3. The average Bonchev–Trinajstić information content (AvgIpc) is 2.53. The number of urea groups is 1. The highest BCUT2D eigenvalue weighted by Gasteiger charge is 2.26. The Labute approximate surface area is 90.3 Å². The molecule has 1 aromatic rings. The highest BCUT2D eigenvalue weighted by atomic mass is 16.2. The SMILES string of the molecule is Cc1ccc(N2CCN(C)C2=O)cc1C. The fourth-order valence-electron chi connectivity index (χ4n) is 1.78. The summed E-state index contributed by atoms with van der Waals surface area (Å²) in [7, 11) is 1.84. The van der Waals surface area contributed by atoms with Crippen LogP contribution in [0.1, 0.15) is 11.1 Å². The molecule has 0 aliphatic carbocycles. The van der Waals surface area contributed by atoms with E-state index in [2.05, 4.69) is 26.0 Å². The molecule has 80 valence electrons. The fourth-order valence-corrected chi connectivity index (χ4v) is 1.78. The molecule has 1 saturated heterocycles. The third-order valence-electron chi connectivity index (χ3n) is 3.02. The molecule has 0 radical (unpaired) electrons. The smallest absolute Gasteiger partial charge is 0.324 e. The molecular weight excluding hydrogens is 188 g/mol. The summed E-state index contributed by atoms with van der Waals surface area (Å²) in [4.78, 5) is 15.3. The Bertz CT molecular complexity index is 401. The van der Waals surface area contributed by atoms with Crippen LogP contribution in [0.15, 0.2) is 18.2 Å². The zero-order valence-corrected chi connectivity index (χ0v) is 9.45. The lowest BCUT2D eigenvalue weighted by molar-refractivity contribution is 0.229. The summed E-state index contributed by atoms with van der Waals surface area (Å²) >= 11 is 0. The number of aryl methyl sites for hydroxylation is 2. The van der Waals surface area contributed by atoms with Crippen LogP contribution in [-0.4, -0.2) is 31.1 Å². The van der Waals surface area contributed by atoms with Gasteiger partial charge < -0.3 is 4.90 Å². The Balaban J connectivity index is 2.31. The number of nitrogens with zero attached hydrogens (tertiary/aromatic N) is 2. The Morgan fingerprint density at radius 1 is 1.13 bits per heavy atom. The molecular formula is C12H16N2O. The second-order valence-electron chi connectivity index (χ2n) is 4.12. The largest absolute Gasteiger partial charge is 0.326 e. The van der Waals surface area contributed by atoms with Crippen molar-refractivity contribution in [2.75, 3.05) is 25.0 Å². The van der Waals surface area contributed by atoms with E-state index in [1.807, 2.05) is 18.0 Å². The first-order valence-corrected chi connectivity index (χ1v) is 5.19. The Hall–Kier alpha value is -1.51. The first-order valence-electron chi connectivity index (χ1n) is 5.19. The lowest BCUT2D eigenvalue weighted by Crippen LogP contribution is -2.29. The molecule has 1 aromatic carbocycles. The molecule has 1 aliphatic rings. The van der Waals surface area contributed by atoms with E-state index in [1.165, 1.54) is 11.1 Å². The molecule has 0 N–H and O–H groups in total. The van der Waals surface area contributed by atoms with Gasteiger partial charge in [-0.1, -0.05) is 6.07 Å². The van der Waals surface area contributed by atoms with E-state index in [1.54, 1.807) is 4.90 Å². The van der Waals surface area contributed by atoms with Crippen LogP contribution in [0.3, 0.4) is 0 Å². The molecule has 1 aliphatic heterocycles. The third-order valence-corrected chi connectivity index (χ3v) is 3.02. The standard InChI is InChI=1S/C12H16N2O/c1-9-4-5-11(8-10(9)2)14-7-6-13(3)12(14)15/h4-5,8H,6-7H2,1-3H3. The van der Waals surface area contributed by atoms with Gasteiger partial charge in [0.1, 0.15) is 0 Å². The molecule has 0 aromatic heterocycles. The fraction of sp³-hybridized carbons (Fsp3) is 0.417. The number of anilines is 1. The Morgan fingerprint density at radius 2 is 1.87 bits per heavy atom. The summed E-state index contributed by atoms with van der Waals surface area (Å²) in [5, 5.41) is 0. The molecule has 3 nitrogen and oxygen atoms in total. The second-order valence-corrected chi connectivity index (χ2v) is 4.12. The van der Waals surface area contributed by atoms with Crippen LogP contribution >= 0.6 is 0 Å². The van der Waals surface area contributed by atoms with Crippen molar-refractivity contribution < 1.29 is 4.79 Å². The van der Waals surface area contributed by atoms with Gasteiger partial charge in [-0.05, 0) is 37.1 Å². The minimum Gasteiger partial charge on any atom is -0.326 e. The van der Waals surface area contributed by atoms with E-state index in [4.69, 9.17) is 0 Å². The summed E-state index contributed by atoms with van der Waals surface area (Å²) in [5.74, 6) is 0. The van der Waals surface area contributed by atoms with Gasteiger partial charge in [-0.3, -0.25) is 4.90 Å². The topological polar surface area (TPSA) is 23.6 Å². The lowest BCUT2D eigenvalue weighted by atomic mass is 10.1. The van der Waals surface area contributed by atoms with Gasteiger partial charge in [0.2, 0.25) is 0 Å². The van der Waals surface area contributed by atoms with E-state index in [0.717, 1.165) is 18.8 Å². The number of rotatable bonds is 1. The van der Waals surface area contributed by atoms with Crippen molar-refractivity contribution in [2.45, 2.75) is 13.8 Å². The van der Waals surface area contributed by atoms with Crippen LogP contribution in [0.4, 0.5) is 10.5 Å². The van der Waals surface area contributed by atoms with Crippen LogP contribution in [0.2, 0.25) is 0 Å². The van der Waals surface area contributed by atoms with Gasteiger partial charge in [-0.25, -0.2) is 4.79 Å². The number of carbonyl (C=O) groups is 1. The zero-order valence-electron chi connectivity index (χ0n) is 9.45. The Kier molecular flexibility index (Phi) is 2.39. The van der Waals surface area contributed by atoms with E-state index in [-0.39, 0.29) is 6.03 Å². The lowest BCUT2D eigenvalue weighted by Gasteiger charge is -2.17. The van der Waals surface area contributed by atoms with Crippen molar-refractivity contribution >= 4 is 11.7 Å². The molecule has 0 bridgehead atoms. The monoisotopic (exact) mass is 204 g/mol. The third kappa shape index (κ3) is 1.69. The van der Waals surface area contributed by atoms with Gasteiger partial charge in [-0.15, -0.1) is 0 Å². The van der Waals surface area contributed by atoms with E-state index in [9.17, 15) is 4.79 Å². The zero-order chi connectivity index (χ0) is 11.0. The Morgan fingerprint density at radius 3 is 2.40 bits per heavy atom. The molecule has 3 heteroatoms. The predicted molar refractivity (Wildman–Crippen MR) is 61.3 cm³/mol. The van der Waals surface area contributed by atoms with Crippen molar-refractivity contribution in [1.29, 1.82) is 0 Å². The minimum atomic E-state index is 0.0956. The molecule has 1 heterocycles. The van der Waals surface area contributed by atoms with Gasteiger partial charge in [0.05, 0.1) is 0 Å². The highest BCUT2D eigenvalue weighted by Crippen LogP contribution is 2.22. The van der Waals surface area contributed by atoms with E-state index in [0.29, 0.717) is 0 Å². The summed E-state index contributed by atoms with van der Waals surface area (Å²) < 4.78 is 0. The molecule has 0 saturated carbocycles. The maximum absolute atomic E-state index is 11.8. The number of likely N-dealkylation sites (N-methyl/N-ethyl adjacent to an activating group) is 1. The molecule has 1 fully saturated rings. The van der Waals surface area contributed by atoms with Gasteiger partial charge >= 0.3 is 6.03 Å². The first-order chi connectivity index (χ1) is 7.09. The van der Waals surface area contributed by atoms with Crippen molar-refractivity contribution in [1.82, 2.24) is 4.90 Å². The molecule has 2 amide bonds. The minimum absolute atomic E-state index is 0.0956. The highest BCUT2D eigenvalue weighted by molar-refractivity contribution is 5.94. The van der Waals surface area contributed by atoms with Crippen molar-refractivity contribution in [2.24, 2.45) is 0 Å². The van der Waals surface area contributed by atoms with Crippen molar-refractivity contribution in [3.63, 3.8) is 0 Å². The van der Waals surface area contributed by atoms with Gasteiger partial charge in [0.25, 0.3) is 0 Å². The number of amides is 2. The van der Waals surface area contributed by atoms with Gasteiger partial charge in [0.15, 0.2) is 0 Å². The van der Waals surface area contributed by atoms with Crippen molar-refractivity contribution in [3.05, 3.63) is 29.3 Å². The van der Waals surface area contributed by atoms with E-state index >= 15 is 0 Å². The number of hydrogen-bond acceptors (Lipinski definition) is 1. The van der Waals surface area contributed by atoms with Gasteiger partial charge in [-0.2, -0.15) is 0 Å². The van der Waals surface area contributed by atoms with Crippen molar-refractivity contribution in [3.8, 4) is 0 Å². The number of carbonyl (C=O) groups excluding carboxylic acids is 1. The maximum atomic E-state index is 11.8. The van der Waals surface area contributed by atoms with Crippen LogP contribution < -0.4 is 4.90 Å². The molecule has 2 rings (SSSR count).